The van der Waals surface area contributed by atoms with Crippen LogP contribution in [0.25, 0.3) is 0 Å². The molecule has 1 aliphatic heterocycles. The minimum Gasteiger partial charge on any atom is -0.354 e. The normalized spacial score (nSPS) is 16.6. The molecule has 0 saturated carbocycles. The van der Waals surface area contributed by atoms with Gasteiger partial charge in [0.25, 0.3) is 0 Å². The first-order valence-electron chi connectivity index (χ1n) is 9.15. The highest BCUT2D eigenvalue weighted by Crippen LogP contribution is 2.29. The van der Waals surface area contributed by atoms with Crippen molar-refractivity contribution in [3.8, 4) is 0 Å². The van der Waals surface area contributed by atoms with Crippen LogP contribution in [0.2, 0.25) is 0 Å². The van der Waals surface area contributed by atoms with Gasteiger partial charge in [-0.1, -0.05) is 12.1 Å². The predicted octanol–water partition coefficient (Wildman–Crippen LogP) is 3.00. The van der Waals surface area contributed by atoms with Crippen molar-refractivity contribution in [2.45, 2.75) is 32.0 Å². The lowest BCUT2D eigenvalue weighted by Gasteiger charge is -2.18. The molecule has 1 fully saturated rings. The maximum absolute atomic E-state index is 12.6. The fraction of sp³-hybridized carbons (Fsp3) is 0.350. The predicted molar refractivity (Wildman–Crippen MR) is 102 cm³/mol. The Balaban J connectivity index is 1.50. The molecule has 1 aliphatic rings. The zero-order valence-electron chi connectivity index (χ0n) is 15.8. The van der Waals surface area contributed by atoms with Gasteiger partial charge in [-0.05, 0) is 36.2 Å². The average molecular weight is 406 g/mol. The maximum Gasteiger partial charge on any atom is 0.417 e. The number of pyridine rings is 1. The van der Waals surface area contributed by atoms with E-state index in [0.717, 1.165) is 17.8 Å². The van der Waals surface area contributed by atoms with E-state index < -0.39 is 11.7 Å². The number of carbonyl (C=O) groups is 2. The molecule has 154 valence electrons. The zero-order valence-corrected chi connectivity index (χ0v) is 15.8. The second-order valence-corrected chi connectivity index (χ2v) is 6.96. The van der Waals surface area contributed by atoms with Crippen molar-refractivity contribution < 1.29 is 22.8 Å². The fourth-order valence-corrected chi connectivity index (χ4v) is 3.20. The summed E-state index contributed by atoms with van der Waals surface area (Å²) in [6, 6.07) is 9.29. The van der Waals surface area contributed by atoms with Crippen LogP contribution in [0, 0.1) is 0 Å². The quantitative estimate of drug-likeness (QED) is 0.801. The fourth-order valence-electron chi connectivity index (χ4n) is 3.20. The first-order chi connectivity index (χ1) is 13.7. The Hall–Kier alpha value is -3.10. The number of nitrogens with one attached hydrogen (secondary N) is 2. The first-order valence-corrected chi connectivity index (χ1v) is 9.15. The molecule has 2 amide bonds. The molecule has 1 aromatic carbocycles. The van der Waals surface area contributed by atoms with Crippen molar-refractivity contribution >= 4 is 23.3 Å². The molecule has 1 unspecified atom stereocenters. The Bertz CT molecular complexity index is 867. The Morgan fingerprint density at radius 3 is 2.48 bits per heavy atom. The molecule has 29 heavy (non-hydrogen) atoms. The molecule has 1 saturated heterocycles. The Labute approximate surface area is 166 Å². The second-order valence-electron chi connectivity index (χ2n) is 6.96. The summed E-state index contributed by atoms with van der Waals surface area (Å²) in [5.41, 5.74) is 0.697. The first kappa shape index (κ1) is 20.6. The third-order valence-corrected chi connectivity index (χ3v) is 4.59. The van der Waals surface area contributed by atoms with Crippen LogP contribution in [0.4, 0.5) is 24.7 Å². The van der Waals surface area contributed by atoms with Gasteiger partial charge in [-0.15, -0.1) is 0 Å². The van der Waals surface area contributed by atoms with Gasteiger partial charge in [0, 0.05) is 37.9 Å². The molecule has 3 rings (SSSR count). The highest BCUT2D eigenvalue weighted by molar-refractivity contribution is 5.88. The summed E-state index contributed by atoms with van der Waals surface area (Å²) in [5.74, 6) is 0.164. The number of halogens is 3. The van der Waals surface area contributed by atoms with Gasteiger partial charge in [-0.3, -0.25) is 9.59 Å². The Morgan fingerprint density at radius 2 is 1.90 bits per heavy atom. The molecule has 1 atom stereocenters. The number of alkyl halides is 3. The van der Waals surface area contributed by atoms with Gasteiger partial charge >= 0.3 is 6.18 Å². The van der Waals surface area contributed by atoms with Crippen LogP contribution >= 0.6 is 0 Å². The van der Waals surface area contributed by atoms with Crippen LogP contribution < -0.4 is 15.5 Å². The number of benzene rings is 1. The number of rotatable bonds is 5. The third kappa shape index (κ3) is 5.69. The van der Waals surface area contributed by atoms with Crippen LogP contribution in [-0.4, -0.2) is 35.9 Å². The average Bonchev–Trinajstić information content (AvgIpc) is 3.10. The van der Waals surface area contributed by atoms with Crippen LogP contribution in [-0.2, 0) is 22.2 Å². The van der Waals surface area contributed by atoms with Crippen molar-refractivity contribution in [2.75, 3.05) is 23.3 Å². The summed E-state index contributed by atoms with van der Waals surface area (Å²) >= 11 is 0. The van der Waals surface area contributed by atoms with Gasteiger partial charge in [0.1, 0.15) is 5.82 Å². The van der Waals surface area contributed by atoms with Crippen LogP contribution in [0.1, 0.15) is 24.5 Å². The molecule has 2 N–H and O–H groups in total. The number of anilines is 2. The van der Waals surface area contributed by atoms with E-state index in [4.69, 9.17) is 0 Å². The third-order valence-electron chi connectivity index (χ3n) is 4.59. The minimum atomic E-state index is -4.41. The lowest BCUT2D eigenvalue weighted by molar-refractivity contribution is -0.137. The SMILES string of the molecule is CC(=O)Nc1ccc(CC(=O)NC2CCN(c3ccc(C(F)(F)F)cn3)C2)cc1. The van der Waals surface area contributed by atoms with Gasteiger partial charge in [0.15, 0.2) is 0 Å². The van der Waals surface area contributed by atoms with Crippen LogP contribution in [0.15, 0.2) is 42.6 Å². The van der Waals surface area contributed by atoms with Gasteiger partial charge < -0.3 is 15.5 Å². The standard InChI is InChI=1S/C20H21F3N4O2/c1-13(28)25-16-5-2-14(3-6-16)10-19(29)26-17-8-9-27(12-17)18-7-4-15(11-24-18)20(21,22)23/h2-7,11,17H,8-10,12H2,1H3,(H,25,28)(H,26,29). The largest absolute Gasteiger partial charge is 0.417 e. The second kappa shape index (κ2) is 8.50. The van der Waals surface area contributed by atoms with E-state index in [2.05, 4.69) is 15.6 Å². The van der Waals surface area contributed by atoms with Gasteiger partial charge in [0.2, 0.25) is 11.8 Å². The Kier molecular flexibility index (Phi) is 6.05. The maximum atomic E-state index is 12.6. The van der Waals surface area contributed by atoms with E-state index in [9.17, 15) is 22.8 Å². The lowest BCUT2D eigenvalue weighted by Crippen LogP contribution is -2.38. The van der Waals surface area contributed by atoms with Crippen molar-refractivity contribution in [3.05, 3.63) is 53.7 Å². The van der Waals surface area contributed by atoms with Crippen LogP contribution in [0.3, 0.4) is 0 Å². The van der Waals surface area contributed by atoms with E-state index in [-0.39, 0.29) is 24.3 Å². The number of hydrogen-bond donors (Lipinski definition) is 2. The molecule has 0 spiro atoms. The highest BCUT2D eigenvalue weighted by Gasteiger charge is 2.31. The number of carbonyl (C=O) groups excluding carboxylic acids is 2. The molecule has 0 aliphatic carbocycles. The van der Waals surface area contributed by atoms with Gasteiger partial charge in [-0.2, -0.15) is 13.2 Å². The number of aromatic nitrogens is 1. The smallest absolute Gasteiger partial charge is 0.354 e. The topological polar surface area (TPSA) is 74.3 Å². The molecule has 0 bridgehead atoms. The summed E-state index contributed by atoms with van der Waals surface area (Å²) in [7, 11) is 0. The summed E-state index contributed by atoms with van der Waals surface area (Å²) < 4.78 is 37.9. The van der Waals surface area contributed by atoms with Crippen molar-refractivity contribution in [2.24, 2.45) is 0 Å². The summed E-state index contributed by atoms with van der Waals surface area (Å²) in [4.78, 5) is 29.1. The molecule has 9 heteroatoms. The van der Waals surface area contributed by atoms with E-state index in [0.29, 0.717) is 31.0 Å². The summed E-state index contributed by atoms with van der Waals surface area (Å²) in [5, 5.41) is 5.61. The minimum absolute atomic E-state index is 0.0924. The Morgan fingerprint density at radius 1 is 1.17 bits per heavy atom. The number of nitrogens with zero attached hydrogens (tertiary/aromatic N) is 2. The van der Waals surface area contributed by atoms with E-state index in [1.165, 1.54) is 13.0 Å². The van der Waals surface area contributed by atoms with Crippen molar-refractivity contribution in [3.63, 3.8) is 0 Å². The lowest BCUT2D eigenvalue weighted by atomic mass is 10.1. The summed E-state index contributed by atoms with van der Waals surface area (Å²) in [6.07, 6.45) is -2.69. The van der Waals surface area contributed by atoms with E-state index >= 15 is 0 Å². The van der Waals surface area contributed by atoms with Gasteiger partial charge in [-0.25, -0.2) is 4.98 Å². The van der Waals surface area contributed by atoms with E-state index in [1.807, 2.05) is 4.90 Å². The zero-order chi connectivity index (χ0) is 21.0. The molecule has 2 heterocycles. The summed E-state index contributed by atoms with van der Waals surface area (Å²) in [6.45, 7) is 2.52. The molecule has 1 aromatic heterocycles. The van der Waals surface area contributed by atoms with Crippen molar-refractivity contribution in [1.82, 2.24) is 10.3 Å². The van der Waals surface area contributed by atoms with Crippen LogP contribution in [0.5, 0.6) is 0 Å². The molecule has 2 aromatic rings. The number of amides is 2. The van der Waals surface area contributed by atoms with Gasteiger partial charge in [0.05, 0.1) is 12.0 Å². The molecular weight excluding hydrogens is 385 g/mol. The van der Waals surface area contributed by atoms with Crippen molar-refractivity contribution in [1.29, 1.82) is 0 Å². The molecule has 0 radical (unpaired) electrons. The molecule has 6 nitrogen and oxygen atoms in total. The number of hydrogen-bond acceptors (Lipinski definition) is 4. The monoisotopic (exact) mass is 406 g/mol. The molecular formula is C20H21F3N4O2. The highest BCUT2D eigenvalue weighted by atomic mass is 19.4. The van der Waals surface area contributed by atoms with E-state index in [1.54, 1.807) is 24.3 Å².